The zero-order valence-corrected chi connectivity index (χ0v) is 18.4. The van der Waals surface area contributed by atoms with Crippen molar-refractivity contribution in [3.8, 4) is 0 Å². The quantitative estimate of drug-likeness (QED) is 0.308. The Kier molecular flexibility index (Phi) is 5.57. The number of carbonyl (C=O) groups is 2. The zero-order valence-electron chi connectivity index (χ0n) is 18.4. The van der Waals surface area contributed by atoms with Crippen molar-refractivity contribution in [2.45, 2.75) is 91.4 Å². The normalized spacial score (nSPS) is 44.8. The summed E-state index contributed by atoms with van der Waals surface area (Å²) >= 11 is 0. The lowest BCUT2D eigenvalue weighted by atomic mass is 9.44. The maximum absolute atomic E-state index is 13.4. The van der Waals surface area contributed by atoms with Gasteiger partial charge in [0, 0.05) is 23.7 Å². The van der Waals surface area contributed by atoms with Crippen LogP contribution in [0, 0.1) is 46.3 Å². The first kappa shape index (κ1) is 20.9. The monoisotopic (exact) mass is 399 g/mol. The number of azide groups is 1. The van der Waals surface area contributed by atoms with Crippen LogP contribution in [0.15, 0.2) is 5.11 Å². The van der Waals surface area contributed by atoms with E-state index in [1.54, 1.807) is 0 Å². The SMILES string of the molecule is C[C@H](CCC(=O)N=[N+]=[N-])[C@H]1CC[C@H]2[C@@H]3C(=O)C[C@@H]4CCCC[C@]4(C)[C@H]3CC[C@]12C. The van der Waals surface area contributed by atoms with Gasteiger partial charge < -0.3 is 0 Å². The molecule has 0 saturated heterocycles. The number of hydrogen-bond donors (Lipinski definition) is 0. The highest BCUT2D eigenvalue weighted by Gasteiger charge is 2.62. The van der Waals surface area contributed by atoms with Crippen LogP contribution in [-0.2, 0) is 9.59 Å². The van der Waals surface area contributed by atoms with Crippen LogP contribution in [-0.4, -0.2) is 11.7 Å². The standard InChI is InChI=1S/C24H37N3O2/c1-15(7-10-21(29)26-27-25)17-8-9-18-22-19(11-13-24(17,18)3)23(2)12-5-4-6-16(23)14-20(22)28/h15-19,22H,4-14H2,1-3H3/t15-,16+,17-,18+,19+,22+,23+,24-/m1/s1. The molecule has 29 heavy (non-hydrogen) atoms. The molecule has 5 nitrogen and oxygen atoms in total. The highest BCUT2D eigenvalue weighted by molar-refractivity contribution is 5.83. The predicted molar refractivity (Wildman–Crippen MR) is 113 cm³/mol. The van der Waals surface area contributed by atoms with E-state index in [4.69, 9.17) is 5.53 Å². The van der Waals surface area contributed by atoms with Crippen molar-refractivity contribution in [2.75, 3.05) is 0 Å². The van der Waals surface area contributed by atoms with E-state index in [-0.39, 0.29) is 17.2 Å². The molecule has 4 saturated carbocycles. The summed E-state index contributed by atoms with van der Waals surface area (Å²) < 4.78 is 0. The molecule has 4 fully saturated rings. The van der Waals surface area contributed by atoms with Crippen LogP contribution in [0.4, 0.5) is 0 Å². The molecule has 0 aromatic rings. The van der Waals surface area contributed by atoms with E-state index >= 15 is 0 Å². The minimum absolute atomic E-state index is 0.218. The summed E-state index contributed by atoms with van der Waals surface area (Å²) in [7, 11) is 0. The van der Waals surface area contributed by atoms with Crippen LogP contribution in [0.2, 0.25) is 0 Å². The van der Waals surface area contributed by atoms with Gasteiger partial charge in [-0.05, 0) is 96.0 Å². The zero-order chi connectivity index (χ0) is 20.8. The fourth-order valence-corrected chi connectivity index (χ4v) is 8.59. The smallest absolute Gasteiger partial charge is 0.218 e. The van der Waals surface area contributed by atoms with Gasteiger partial charge in [-0.3, -0.25) is 9.59 Å². The number of fused-ring (bicyclic) bond motifs is 5. The Balaban J connectivity index is 1.52. The molecule has 0 aliphatic heterocycles. The van der Waals surface area contributed by atoms with E-state index in [0.717, 1.165) is 12.8 Å². The van der Waals surface area contributed by atoms with Crippen LogP contribution in [0.25, 0.3) is 10.4 Å². The fourth-order valence-electron chi connectivity index (χ4n) is 8.59. The van der Waals surface area contributed by atoms with Crippen LogP contribution < -0.4 is 0 Å². The summed E-state index contributed by atoms with van der Waals surface area (Å²) in [5.41, 5.74) is 9.05. The second kappa shape index (κ2) is 7.72. The second-order valence-corrected chi connectivity index (χ2v) is 11.2. The summed E-state index contributed by atoms with van der Waals surface area (Å²) in [6.45, 7) is 7.22. The Hall–Kier alpha value is -1.35. The summed E-state index contributed by atoms with van der Waals surface area (Å²) in [6, 6.07) is 0. The highest BCUT2D eigenvalue weighted by atomic mass is 16.1. The Morgan fingerprint density at radius 2 is 1.90 bits per heavy atom. The van der Waals surface area contributed by atoms with Gasteiger partial charge in [0.1, 0.15) is 5.78 Å². The van der Waals surface area contributed by atoms with Gasteiger partial charge in [0.15, 0.2) is 0 Å². The average Bonchev–Trinajstić information content (AvgIpc) is 3.04. The molecule has 0 unspecified atom stereocenters. The van der Waals surface area contributed by atoms with Crippen molar-refractivity contribution in [3.63, 3.8) is 0 Å². The largest absolute Gasteiger partial charge is 0.299 e. The van der Waals surface area contributed by atoms with Gasteiger partial charge in [0.2, 0.25) is 5.91 Å². The van der Waals surface area contributed by atoms with E-state index in [2.05, 4.69) is 30.8 Å². The summed E-state index contributed by atoms with van der Waals surface area (Å²) in [6.07, 6.45) is 11.9. The van der Waals surface area contributed by atoms with E-state index in [0.29, 0.717) is 47.2 Å². The minimum Gasteiger partial charge on any atom is -0.299 e. The third-order valence-electron chi connectivity index (χ3n) is 10.1. The molecule has 0 heterocycles. The third kappa shape index (κ3) is 3.34. The first-order valence-corrected chi connectivity index (χ1v) is 11.9. The topological polar surface area (TPSA) is 82.9 Å². The lowest BCUT2D eigenvalue weighted by Gasteiger charge is -2.60. The van der Waals surface area contributed by atoms with Crippen molar-refractivity contribution in [2.24, 2.45) is 51.5 Å². The molecule has 0 aromatic carbocycles. The Bertz CT molecular complexity index is 730. The molecule has 0 spiro atoms. The molecule has 4 aliphatic carbocycles. The first-order chi connectivity index (χ1) is 13.8. The van der Waals surface area contributed by atoms with E-state index < -0.39 is 0 Å². The molecule has 8 atom stereocenters. The molecule has 4 rings (SSSR count). The Morgan fingerprint density at radius 1 is 1.14 bits per heavy atom. The van der Waals surface area contributed by atoms with E-state index in [1.807, 2.05) is 0 Å². The number of Topliss-reactive ketones (excluding diaryl/α,β-unsaturated/α-hetero) is 1. The summed E-state index contributed by atoms with van der Waals surface area (Å²) in [5, 5.41) is 3.23. The van der Waals surface area contributed by atoms with Crippen molar-refractivity contribution < 1.29 is 9.59 Å². The third-order valence-corrected chi connectivity index (χ3v) is 10.1. The molecule has 0 radical (unpaired) electrons. The second-order valence-electron chi connectivity index (χ2n) is 11.2. The van der Waals surface area contributed by atoms with Gasteiger partial charge in [0.25, 0.3) is 0 Å². The number of amides is 1. The van der Waals surface area contributed by atoms with E-state index in [1.165, 1.54) is 51.4 Å². The van der Waals surface area contributed by atoms with Crippen LogP contribution in [0.5, 0.6) is 0 Å². The van der Waals surface area contributed by atoms with Crippen molar-refractivity contribution in [1.29, 1.82) is 0 Å². The summed E-state index contributed by atoms with van der Waals surface area (Å²) in [5.74, 6) is 3.23. The molecule has 0 aromatic heterocycles. The molecule has 0 N–H and O–H groups in total. The average molecular weight is 400 g/mol. The fraction of sp³-hybridized carbons (Fsp3) is 0.917. The van der Waals surface area contributed by atoms with Gasteiger partial charge in [-0.1, -0.05) is 33.6 Å². The van der Waals surface area contributed by atoms with Crippen LogP contribution in [0.3, 0.4) is 0 Å². The predicted octanol–water partition coefficient (Wildman–Crippen LogP) is 6.47. The van der Waals surface area contributed by atoms with Crippen molar-refractivity contribution in [3.05, 3.63) is 10.4 Å². The molecule has 0 bridgehead atoms. The lowest BCUT2D eigenvalue weighted by Crippen LogP contribution is -2.56. The first-order valence-electron chi connectivity index (χ1n) is 11.9. The Labute approximate surface area is 175 Å². The summed E-state index contributed by atoms with van der Waals surface area (Å²) in [4.78, 5) is 27.7. The molecular formula is C24H37N3O2. The minimum atomic E-state index is -0.346. The van der Waals surface area contributed by atoms with Gasteiger partial charge in [-0.15, -0.1) is 0 Å². The van der Waals surface area contributed by atoms with Crippen LogP contribution in [0.1, 0.15) is 91.4 Å². The molecule has 5 heteroatoms. The number of nitrogens with zero attached hydrogens (tertiary/aromatic N) is 3. The van der Waals surface area contributed by atoms with Gasteiger partial charge in [0.05, 0.1) is 0 Å². The highest BCUT2D eigenvalue weighted by Crippen LogP contribution is 2.67. The molecule has 1 amide bonds. The van der Waals surface area contributed by atoms with Gasteiger partial charge in [-0.2, -0.15) is 0 Å². The molecule has 4 aliphatic rings. The van der Waals surface area contributed by atoms with Gasteiger partial charge >= 0.3 is 0 Å². The van der Waals surface area contributed by atoms with Crippen molar-refractivity contribution >= 4 is 11.7 Å². The number of ketones is 1. The number of hydrogen-bond acceptors (Lipinski definition) is 2. The van der Waals surface area contributed by atoms with Crippen LogP contribution >= 0.6 is 0 Å². The van der Waals surface area contributed by atoms with Crippen molar-refractivity contribution in [1.82, 2.24) is 0 Å². The maximum Gasteiger partial charge on any atom is 0.218 e. The maximum atomic E-state index is 13.4. The molecular weight excluding hydrogens is 362 g/mol. The van der Waals surface area contributed by atoms with Gasteiger partial charge in [-0.25, -0.2) is 0 Å². The number of rotatable bonds is 4. The lowest BCUT2D eigenvalue weighted by molar-refractivity contribution is -0.156. The molecule has 160 valence electrons. The Morgan fingerprint density at radius 3 is 2.66 bits per heavy atom. The van der Waals surface area contributed by atoms with E-state index in [9.17, 15) is 9.59 Å². The number of carbonyl (C=O) groups excluding carboxylic acids is 2.